The minimum absolute atomic E-state index is 0.249. The Kier molecular flexibility index (Phi) is 7.24. The van der Waals surface area contributed by atoms with Crippen LogP contribution >= 0.6 is 0 Å². The van der Waals surface area contributed by atoms with E-state index in [-0.39, 0.29) is 5.91 Å². The molecular formula is C14H26N2O4. The fraction of sp³-hybridized carbons (Fsp3) is 0.786. The second-order valence-corrected chi connectivity index (χ2v) is 5.99. The zero-order chi connectivity index (χ0) is 15.9. The molecule has 20 heavy (non-hydrogen) atoms. The number of hydrogen-bond acceptors (Lipinski definition) is 3. The van der Waals surface area contributed by atoms with Crippen LogP contribution in [-0.4, -0.2) is 35.0 Å². The minimum Gasteiger partial charge on any atom is -0.480 e. The van der Waals surface area contributed by atoms with Crippen LogP contribution in [0.3, 0.4) is 0 Å². The summed E-state index contributed by atoms with van der Waals surface area (Å²) < 4.78 is 0. The predicted molar refractivity (Wildman–Crippen MR) is 76.2 cm³/mol. The lowest BCUT2D eigenvalue weighted by Crippen LogP contribution is -2.52. The maximum absolute atomic E-state index is 11.9. The molecule has 0 aliphatic carbocycles. The van der Waals surface area contributed by atoms with Crippen LogP contribution in [0.1, 0.15) is 53.9 Å². The topological polar surface area (TPSA) is 95.5 Å². The molecule has 0 radical (unpaired) electrons. The third kappa shape index (κ3) is 6.54. The number of carboxylic acids is 1. The van der Waals surface area contributed by atoms with Gasteiger partial charge in [-0.3, -0.25) is 9.59 Å². The summed E-state index contributed by atoms with van der Waals surface area (Å²) in [4.78, 5) is 34.7. The molecule has 0 fully saturated rings. The van der Waals surface area contributed by atoms with Crippen molar-refractivity contribution in [2.24, 2.45) is 5.41 Å². The van der Waals surface area contributed by atoms with Gasteiger partial charge in [-0.05, 0) is 13.3 Å². The zero-order valence-corrected chi connectivity index (χ0v) is 12.9. The number of nitrogens with one attached hydrogen (secondary N) is 2. The molecule has 2 atom stereocenters. The van der Waals surface area contributed by atoms with E-state index in [0.717, 1.165) is 12.8 Å². The average Bonchev–Trinajstić information content (AvgIpc) is 2.32. The van der Waals surface area contributed by atoms with Crippen LogP contribution in [-0.2, 0) is 14.4 Å². The Bertz CT molecular complexity index is 361. The number of carboxylic acid groups (broad SMARTS) is 1. The van der Waals surface area contributed by atoms with Crippen molar-refractivity contribution in [2.75, 3.05) is 0 Å². The van der Waals surface area contributed by atoms with Crippen molar-refractivity contribution in [3.63, 3.8) is 0 Å². The quantitative estimate of drug-likeness (QED) is 0.657. The predicted octanol–water partition coefficient (Wildman–Crippen LogP) is 1.30. The Balaban J connectivity index is 4.50. The van der Waals surface area contributed by atoms with E-state index >= 15 is 0 Å². The molecule has 0 heterocycles. The number of aliphatic carboxylic acids is 1. The van der Waals surface area contributed by atoms with Crippen molar-refractivity contribution in [1.82, 2.24) is 10.6 Å². The van der Waals surface area contributed by atoms with Gasteiger partial charge in [0.05, 0.1) is 0 Å². The Morgan fingerprint density at radius 2 is 1.70 bits per heavy atom. The molecule has 0 aromatic heterocycles. The normalized spacial score (nSPS) is 14.2. The Morgan fingerprint density at radius 1 is 1.15 bits per heavy atom. The van der Waals surface area contributed by atoms with Gasteiger partial charge in [-0.2, -0.15) is 0 Å². The minimum atomic E-state index is -1.05. The number of amides is 2. The van der Waals surface area contributed by atoms with Gasteiger partial charge in [0.25, 0.3) is 0 Å². The first-order valence-corrected chi connectivity index (χ1v) is 6.93. The first-order chi connectivity index (χ1) is 9.09. The number of carbonyl (C=O) groups excluding carboxylic acids is 2. The highest BCUT2D eigenvalue weighted by atomic mass is 16.4. The molecule has 2 amide bonds. The Morgan fingerprint density at radius 3 is 2.10 bits per heavy atom. The van der Waals surface area contributed by atoms with Crippen LogP contribution in [0.25, 0.3) is 0 Å². The lowest BCUT2D eigenvalue weighted by atomic mass is 9.95. The van der Waals surface area contributed by atoms with Crippen molar-refractivity contribution in [2.45, 2.75) is 66.0 Å². The largest absolute Gasteiger partial charge is 0.480 e. The maximum Gasteiger partial charge on any atom is 0.326 e. The van der Waals surface area contributed by atoms with Crippen LogP contribution in [0.4, 0.5) is 0 Å². The Hall–Kier alpha value is -1.59. The van der Waals surface area contributed by atoms with Crippen LogP contribution in [0, 0.1) is 5.41 Å². The molecule has 6 nitrogen and oxygen atoms in total. The fourth-order valence-electron chi connectivity index (χ4n) is 1.44. The SMILES string of the molecule is CCCC[C@@H](NC(=O)[C@@H](C)NC(=O)C(C)(C)C)C(=O)O. The number of rotatable bonds is 7. The van der Waals surface area contributed by atoms with E-state index in [1.54, 1.807) is 20.8 Å². The third-order valence-electron chi connectivity index (χ3n) is 2.88. The molecule has 6 heteroatoms. The number of unbranched alkanes of at least 4 members (excludes halogenated alkanes) is 1. The van der Waals surface area contributed by atoms with Crippen molar-refractivity contribution >= 4 is 17.8 Å². The number of hydrogen-bond donors (Lipinski definition) is 3. The van der Waals surface area contributed by atoms with Crippen LogP contribution in [0.2, 0.25) is 0 Å². The van der Waals surface area contributed by atoms with Crippen molar-refractivity contribution in [3.8, 4) is 0 Å². The van der Waals surface area contributed by atoms with E-state index in [9.17, 15) is 14.4 Å². The number of carbonyl (C=O) groups is 3. The standard InChI is InChI=1S/C14H26N2O4/c1-6-7-8-10(12(18)19)16-11(17)9(2)15-13(20)14(3,4)5/h9-10H,6-8H2,1-5H3,(H,15,20)(H,16,17)(H,18,19)/t9-,10-/m1/s1. The average molecular weight is 286 g/mol. The molecule has 0 aliphatic heterocycles. The van der Waals surface area contributed by atoms with Gasteiger partial charge in [0.2, 0.25) is 11.8 Å². The van der Waals surface area contributed by atoms with Gasteiger partial charge in [0, 0.05) is 5.41 Å². The first-order valence-electron chi connectivity index (χ1n) is 6.93. The summed E-state index contributed by atoms with van der Waals surface area (Å²) in [5.74, 6) is -1.78. The van der Waals surface area contributed by atoms with E-state index in [2.05, 4.69) is 10.6 Å². The van der Waals surface area contributed by atoms with Gasteiger partial charge >= 0.3 is 5.97 Å². The molecule has 0 bridgehead atoms. The highest BCUT2D eigenvalue weighted by Gasteiger charge is 2.27. The third-order valence-corrected chi connectivity index (χ3v) is 2.88. The molecule has 0 unspecified atom stereocenters. The van der Waals surface area contributed by atoms with Crippen LogP contribution in [0.15, 0.2) is 0 Å². The lowest BCUT2D eigenvalue weighted by Gasteiger charge is -2.23. The smallest absolute Gasteiger partial charge is 0.326 e. The van der Waals surface area contributed by atoms with Crippen molar-refractivity contribution in [3.05, 3.63) is 0 Å². The van der Waals surface area contributed by atoms with Crippen LogP contribution < -0.4 is 10.6 Å². The van der Waals surface area contributed by atoms with Gasteiger partial charge in [-0.15, -0.1) is 0 Å². The monoisotopic (exact) mass is 286 g/mol. The molecule has 0 saturated heterocycles. The highest BCUT2D eigenvalue weighted by molar-refractivity contribution is 5.91. The summed E-state index contributed by atoms with van der Waals surface area (Å²) in [6, 6.07) is -1.67. The molecule has 3 N–H and O–H groups in total. The molecule has 0 saturated carbocycles. The second kappa shape index (κ2) is 7.87. The van der Waals surface area contributed by atoms with Gasteiger partial charge in [0.1, 0.15) is 12.1 Å². The summed E-state index contributed by atoms with van der Waals surface area (Å²) >= 11 is 0. The molecule has 116 valence electrons. The van der Waals surface area contributed by atoms with Gasteiger partial charge in [0.15, 0.2) is 0 Å². The zero-order valence-electron chi connectivity index (χ0n) is 12.9. The van der Waals surface area contributed by atoms with Gasteiger partial charge in [-0.1, -0.05) is 40.5 Å². The molecule has 0 aromatic rings. The van der Waals surface area contributed by atoms with E-state index in [1.807, 2.05) is 6.92 Å². The summed E-state index contributed by atoms with van der Waals surface area (Å²) in [5.41, 5.74) is -0.594. The maximum atomic E-state index is 11.9. The molecule has 0 spiro atoms. The van der Waals surface area contributed by atoms with E-state index in [0.29, 0.717) is 6.42 Å². The van der Waals surface area contributed by atoms with E-state index in [1.165, 1.54) is 6.92 Å². The fourth-order valence-corrected chi connectivity index (χ4v) is 1.44. The molecule has 0 aromatic carbocycles. The Labute approximate surface area is 120 Å². The van der Waals surface area contributed by atoms with Crippen molar-refractivity contribution < 1.29 is 19.5 Å². The lowest BCUT2D eigenvalue weighted by molar-refractivity contribution is -0.142. The summed E-state index contributed by atoms with van der Waals surface area (Å²) in [7, 11) is 0. The molecule has 0 aliphatic rings. The van der Waals surface area contributed by atoms with Gasteiger partial charge < -0.3 is 15.7 Å². The summed E-state index contributed by atoms with van der Waals surface area (Å²) in [5, 5.41) is 14.1. The van der Waals surface area contributed by atoms with E-state index in [4.69, 9.17) is 5.11 Å². The first kappa shape index (κ1) is 18.4. The van der Waals surface area contributed by atoms with Gasteiger partial charge in [-0.25, -0.2) is 4.79 Å². The molecular weight excluding hydrogens is 260 g/mol. The van der Waals surface area contributed by atoms with Crippen LogP contribution in [0.5, 0.6) is 0 Å². The van der Waals surface area contributed by atoms with Crippen molar-refractivity contribution in [1.29, 1.82) is 0 Å². The summed E-state index contributed by atoms with van der Waals surface area (Å²) in [6.07, 6.45) is 1.97. The second-order valence-electron chi connectivity index (χ2n) is 5.99. The summed E-state index contributed by atoms with van der Waals surface area (Å²) in [6.45, 7) is 8.72. The van der Waals surface area contributed by atoms with E-state index < -0.39 is 29.4 Å². The molecule has 0 rings (SSSR count). The highest BCUT2D eigenvalue weighted by Crippen LogP contribution is 2.12.